The Morgan fingerprint density at radius 3 is 2.89 bits per heavy atom. The minimum absolute atomic E-state index is 0.412. The molecule has 1 fully saturated rings. The summed E-state index contributed by atoms with van der Waals surface area (Å²) in [7, 11) is -3.31. The quantitative estimate of drug-likeness (QED) is 0.541. The van der Waals surface area contributed by atoms with Crippen LogP contribution in [0.15, 0.2) is 0 Å². The zero-order valence-corrected chi connectivity index (χ0v) is 12.5. The Morgan fingerprint density at radius 2 is 2.22 bits per heavy atom. The molecule has 0 spiro atoms. The lowest BCUT2D eigenvalue weighted by atomic mass is 10.0. The van der Waals surface area contributed by atoms with Crippen molar-refractivity contribution in [2.24, 2.45) is 5.92 Å². The molecule has 1 saturated heterocycles. The van der Waals surface area contributed by atoms with Gasteiger partial charge in [0.1, 0.15) is 0 Å². The topological polar surface area (TPSA) is 58.6 Å². The number of alkyl halides is 1. The van der Waals surface area contributed by atoms with Gasteiger partial charge in [0.05, 0.1) is 6.61 Å². The largest absolute Gasteiger partial charge is 0.380 e. The van der Waals surface area contributed by atoms with Crippen LogP contribution in [0.4, 0.5) is 0 Å². The summed E-state index contributed by atoms with van der Waals surface area (Å²) in [5.41, 5.74) is 0. The van der Waals surface area contributed by atoms with Crippen molar-refractivity contribution in [3.05, 3.63) is 0 Å². The smallest absolute Gasteiger partial charge is 0.279 e. The molecule has 18 heavy (non-hydrogen) atoms. The van der Waals surface area contributed by atoms with E-state index in [0.29, 0.717) is 51.1 Å². The average Bonchev–Trinajstić information content (AvgIpc) is 2.33. The van der Waals surface area contributed by atoms with Crippen molar-refractivity contribution < 1.29 is 13.2 Å². The van der Waals surface area contributed by atoms with Crippen LogP contribution in [-0.4, -0.2) is 51.5 Å². The standard InChI is InChI=1S/C11H23ClN2O3S/c1-11-4-2-7-14(10-11)18(15,16)13-6-3-8-17-9-5-12/h11,13H,2-10H2,1H3. The van der Waals surface area contributed by atoms with E-state index in [-0.39, 0.29) is 0 Å². The predicted octanol–water partition coefficient (Wildman–Crippen LogP) is 1.20. The third-order valence-electron chi connectivity index (χ3n) is 2.93. The predicted molar refractivity (Wildman–Crippen MR) is 73.0 cm³/mol. The molecule has 5 nitrogen and oxygen atoms in total. The highest BCUT2D eigenvalue weighted by atomic mass is 35.5. The summed E-state index contributed by atoms with van der Waals surface area (Å²) in [5, 5.41) is 0. The first kappa shape index (κ1) is 16.2. The van der Waals surface area contributed by atoms with Crippen LogP contribution >= 0.6 is 11.6 Å². The fourth-order valence-electron chi connectivity index (χ4n) is 1.99. The van der Waals surface area contributed by atoms with E-state index in [0.717, 1.165) is 12.8 Å². The molecule has 0 amide bonds. The third-order valence-corrected chi connectivity index (χ3v) is 4.67. The summed E-state index contributed by atoms with van der Waals surface area (Å²) in [5.74, 6) is 0.916. The highest BCUT2D eigenvalue weighted by Crippen LogP contribution is 2.17. The van der Waals surface area contributed by atoms with E-state index in [1.54, 1.807) is 4.31 Å². The molecule has 0 aromatic carbocycles. The summed E-state index contributed by atoms with van der Waals surface area (Å²) >= 11 is 5.46. The van der Waals surface area contributed by atoms with Crippen LogP contribution in [0, 0.1) is 5.92 Å². The molecule has 1 aliphatic rings. The minimum Gasteiger partial charge on any atom is -0.380 e. The molecule has 1 heterocycles. The van der Waals surface area contributed by atoms with Crippen molar-refractivity contribution >= 4 is 21.8 Å². The monoisotopic (exact) mass is 298 g/mol. The molecule has 0 saturated carbocycles. The lowest BCUT2D eigenvalue weighted by Crippen LogP contribution is -2.45. The molecule has 0 aromatic heterocycles. The highest BCUT2D eigenvalue weighted by Gasteiger charge is 2.26. The van der Waals surface area contributed by atoms with Gasteiger partial charge in [-0.15, -0.1) is 11.6 Å². The van der Waals surface area contributed by atoms with E-state index < -0.39 is 10.2 Å². The Hall–Kier alpha value is 0.120. The lowest BCUT2D eigenvalue weighted by Gasteiger charge is -2.29. The summed E-state index contributed by atoms with van der Waals surface area (Å²) in [4.78, 5) is 0. The molecule has 1 N–H and O–H groups in total. The number of ether oxygens (including phenoxy) is 1. The highest BCUT2D eigenvalue weighted by molar-refractivity contribution is 7.87. The molecular weight excluding hydrogens is 276 g/mol. The number of rotatable bonds is 8. The van der Waals surface area contributed by atoms with E-state index in [2.05, 4.69) is 11.6 Å². The van der Waals surface area contributed by atoms with E-state index in [9.17, 15) is 8.42 Å². The second kappa shape index (κ2) is 8.32. The van der Waals surface area contributed by atoms with Gasteiger partial charge in [-0.1, -0.05) is 6.92 Å². The average molecular weight is 299 g/mol. The number of piperidine rings is 1. The summed E-state index contributed by atoms with van der Waals surface area (Å²) in [6.45, 7) is 4.79. The summed E-state index contributed by atoms with van der Waals surface area (Å²) in [6.07, 6.45) is 2.72. The van der Waals surface area contributed by atoms with Crippen molar-refractivity contribution in [3.8, 4) is 0 Å². The van der Waals surface area contributed by atoms with Crippen molar-refractivity contribution in [1.29, 1.82) is 0 Å². The Labute approximate surface area is 115 Å². The summed E-state index contributed by atoms with van der Waals surface area (Å²) < 4.78 is 33.3. The number of nitrogens with one attached hydrogen (secondary N) is 1. The van der Waals surface area contributed by atoms with Crippen LogP contribution in [0.2, 0.25) is 0 Å². The number of hydrogen-bond acceptors (Lipinski definition) is 3. The molecule has 1 unspecified atom stereocenters. The second-order valence-electron chi connectivity index (χ2n) is 4.66. The normalized spacial score (nSPS) is 22.2. The van der Waals surface area contributed by atoms with Crippen LogP contribution in [0.25, 0.3) is 0 Å². The molecular formula is C11H23ClN2O3S. The van der Waals surface area contributed by atoms with E-state index in [4.69, 9.17) is 16.3 Å². The fraction of sp³-hybridized carbons (Fsp3) is 1.00. The van der Waals surface area contributed by atoms with Gasteiger partial charge in [0.25, 0.3) is 10.2 Å². The van der Waals surface area contributed by atoms with Crippen molar-refractivity contribution in [3.63, 3.8) is 0 Å². The van der Waals surface area contributed by atoms with E-state index in [1.165, 1.54) is 0 Å². The van der Waals surface area contributed by atoms with Crippen molar-refractivity contribution in [2.75, 3.05) is 38.7 Å². The number of hydrogen-bond donors (Lipinski definition) is 1. The maximum Gasteiger partial charge on any atom is 0.279 e. The molecule has 0 aliphatic carbocycles. The van der Waals surface area contributed by atoms with E-state index >= 15 is 0 Å². The Morgan fingerprint density at radius 1 is 1.44 bits per heavy atom. The van der Waals surface area contributed by atoms with Gasteiger partial charge in [-0.3, -0.25) is 0 Å². The van der Waals surface area contributed by atoms with Gasteiger partial charge >= 0.3 is 0 Å². The lowest BCUT2D eigenvalue weighted by molar-refractivity contribution is 0.147. The first-order valence-electron chi connectivity index (χ1n) is 6.44. The molecule has 1 aliphatic heterocycles. The van der Waals surface area contributed by atoms with Crippen molar-refractivity contribution in [2.45, 2.75) is 26.2 Å². The zero-order chi connectivity index (χ0) is 13.4. The van der Waals surface area contributed by atoms with Gasteiger partial charge in [0.2, 0.25) is 0 Å². The zero-order valence-electron chi connectivity index (χ0n) is 10.9. The van der Waals surface area contributed by atoms with Crippen LogP contribution in [0.3, 0.4) is 0 Å². The SMILES string of the molecule is CC1CCCN(S(=O)(=O)NCCCOCCCl)C1. The van der Waals surface area contributed by atoms with Gasteiger partial charge < -0.3 is 4.74 Å². The summed E-state index contributed by atoms with van der Waals surface area (Å²) in [6, 6.07) is 0. The minimum atomic E-state index is -3.31. The van der Waals surface area contributed by atoms with Crippen LogP contribution in [0.5, 0.6) is 0 Å². The maximum atomic E-state index is 12.0. The molecule has 0 bridgehead atoms. The number of nitrogens with zero attached hydrogens (tertiary/aromatic N) is 1. The Bertz CT molecular complexity index is 324. The first-order valence-corrected chi connectivity index (χ1v) is 8.42. The van der Waals surface area contributed by atoms with Crippen LogP contribution < -0.4 is 4.72 Å². The first-order chi connectivity index (χ1) is 8.56. The van der Waals surface area contributed by atoms with Gasteiger partial charge in [0.15, 0.2) is 0 Å². The van der Waals surface area contributed by atoms with Gasteiger partial charge in [-0.05, 0) is 25.2 Å². The van der Waals surface area contributed by atoms with Crippen LogP contribution in [-0.2, 0) is 14.9 Å². The van der Waals surface area contributed by atoms with Crippen LogP contribution in [0.1, 0.15) is 26.2 Å². The van der Waals surface area contributed by atoms with Gasteiger partial charge in [0, 0.05) is 32.1 Å². The Balaban J connectivity index is 2.22. The molecule has 108 valence electrons. The molecule has 0 radical (unpaired) electrons. The van der Waals surface area contributed by atoms with Crippen molar-refractivity contribution in [1.82, 2.24) is 9.03 Å². The molecule has 7 heteroatoms. The fourth-order valence-corrected chi connectivity index (χ4v) is 3.50. The van der Waals surface area contributed by atoms with Gasteiger partial charge in [-0.25, -0.2) is 4.72 Å². The molecule has 1 rings (SSSR count). The Kier molecular flexibility index (Phi) is 7.48. The molecule has 1 atom stereocenters. The van der Waals surface area contributed by atoms with Gasteiger partial charge in [-0.2, -0.15) is 12.7 Å². The number of halogens is 1. The maximum absolute atomic E-state index is 12.0. The second-order valence-corrected chi connectivity index (χ2v) is 6.79. The van der Waals surface area contributed by atoms with E-state index in [1.807, 2.05) is 0 Å². The molecule has 0 aromatic rings. The third kappa shape index (κ3) is 5.84.